The lowest BCUT2D eigenvalue weighted by Gasteiger charge is -2.36. The van der Waals surface area contributed by atoms with Crippen molar-refractivity contribution in [3.8, 4) is 5.75 Å². The van der Waals surface area contributed by atoms with Crippen LogP contribution in [0.2, 0.25) is 0 Å². The summed E-state index contributed by atoms with van der Waals surface area (Å²) in [5.74, 6) is 1.44. The zero-order valence-corrected chi connectivity index (χ0v) is 14.0. The minimum Gasteiger partial charge on any atom is -0.492 e. The Bertz CT molecular complexity index is 577. The van der Waals surface area contributed by atoms with E-state index in [0.29, 0.717) is 23.2 Å². The maximum Gasteiger partial charge on any atom is 0.217 e. The summed E-state index contributed by atoms with van der Waals surface area (Å²) in [5.41, 5.74) is 6.26. The van der Waals surface area contributed by atoms with E-state index in [2.05, 4.69) is 6.92 Å². The Kier molecular flexibility index (Phi) is 5.40. The zero-order chi connectivity index (χ0) is 15.5. The summed E-state index contributed by atoms with van der Waals surface area (Å²) < 4.78 is 31.9. The molecular weight excluding hydrogens is 308 g/mol. The number of nitrogens with zero attached hydrogens (tertiary/aromatic N) is 1. The predicted octanol–water partition coefficient (Wildman–Crippen LogP) is 1.80. The first kappa shape index (κ1) is 16.5. The molecule has 1 aliphatic heterocycles. The summed E-state index contributed by atoms with van der Waals surface area (Å²) in [4.78, 5) is 0. The van der Waals surface area contributed by atoms with Gasteiger partial charge in [-0.05, 0) is 19.1 Å². The molecule has 1 heterocycles. The second kappa shape index (κ2) is 6.89. The molecule has 0 bridgehead atoms. The third-order valence-corrected chi connectivity index (χ3v) is 6.90. The number of rotatable bonds is 5. The monoisotopic (exact) mass is 330 g/mol. The van der Waals surface area contributed by atoms with E-state index in [-0.39, 0.29) is 18.4 Å². The molecule has 1 aromatic carbocycles. The SMILES string of the molecule is CC1SCCN(S(=O)(=O)CCOc2cccc(N)c2)C1C. The number of sulfonamides is 1. The summed E-state index contributed by atoms with van der Waals surface area (Å²) >= 11 is 1.82. The molecule has 0 saturated carbocycles. The zero-order valence-electron chi connectivity index (χ0n) is 12.4. The highest BCUT2D eigenvalue weighted by Crippen LogP contribution is 2.26. The molecule has 2 rings (SSSR count). The molecule has 2 N–H and O–H groups in total. The molecule has 0 amide bonds. The lowest BCUT2D eigenvalue weighted by atomic mass is 10.2. The van der Waals surface area contributed by atoms with Crippen LogP contribution in [0.15, 0.2) is 24.3 Å². The lowest BCUT2D eigenvalue weighted by molar-refractivity contribution is 0.318. The standard InChI is InChI=1S/C14H22N2O3S2/c1-11-12(2)20-8-6-16(11)21(17,18)9-7-19-14-5-3-4-13(15)10-14/h3-5,10-12H,6-9,15H2,1-2H3. The highest BCUT2D eigenvalue weighted by molar-refractivity contribution is 8.00. The van der Waals surface area contributed by atoms with Crippen LogP contribution in [0, 0.1) is 0 Å². The Balaban J connectivity index is 1.92. The largest absolute Gasteiger partial charge is 0.492 e. The first-order valence-corrected chi connectivity index (χ1v) is 9.65. The minimum atomic E-state index is -3.28. The molecule has 118 valence electrons. The normalized spacial score (nSPS) is 23.9. The number of nitrogen functional groups attached to an aromatic ring is 1. The molecule has 1 fully saturated rings. The van der Waals surface area contributed by atoms with Gasteiger partial charge in [-0.1, -0.05) is 13.0 Å². The fraction of sp³-hybridized carbons (Fsp3) is 0.571. The Morgan fingerprint density at radius 2 is 2.19 bits per heavy atom. The van der Waals surface area contributed by atoms with Gasteiger partial charge in [0.15, 0.2) is 0 Å². The van der Waals surface area contributed by atoms with Crippen molar-refractivity contribution in [2.24, 2.45) is 0 Å². The van der Waals surface area contributed by atoms with Gasteiger partial charge in [0.25, 0.3) is 0 Å². The molecule has 2 atom stereocenters. The van der Waals surface area contributed by atoms with Crippen molar-refractivity contribution in [1.82, 2.24) is 4.31 Å². The summed E-state index contributed by atoms with van der Waals surface area (Å²) in [7, 11) is -3.28. The molecule has 5 nitrogen and oxygen atoms in total. The molecule has 21 heavy (non-hydrogen) atoms. The maximum absolute atomic E-state index is 12.4. The van der Waals surface area contributed by atoms with Crippen LogP contribution in [0.25, 0.3) is 0 Å². The lowest BCUT2D eigenvalue weighted by Crippen LogP contribution is -2.49. The Hall–Kier alpha value is -0.920. The topological polar surface area (TPSA) is 72.6 Å². The third kappa shape index (κ3) is 4.28. The number of anilines is 1. The van der Waals surface area contributed by atoms with Gasteiger partial charge in [0.1, 0.15) is 12.4 Å². The number of nitrogens with two attached hydrogens (primary N) is 1. The molecule has 0 aromatic heterocycles. The fourth-order valence-electron chi connectivity index (χ4n) is 2.28. The van der Waals surface area contributed by atoms with E-state index >= 15 is 0 Å². The van der Waals surface area contributed by atoms with Crippen LogP contribution in [0.3, 0.4) is 0 Å². The van der Waals surface area contributed by atoms with Crippen molar-refractivity contribution < 1.29 is 13.2 Å². The highest BCUT2D eigenvalue weighted by atomic mass is 32.2. The van der Waals surface area contributed by atoms with Gasteiger partial charge >= 0.3 is 0 Å². The van der Waals surface area contributed by atoms with Gasteiger partial charge in [0, 0.05) is 35.3 Å². The van der Waals surface area contributed by atoms with Gasteiger partial charge in [0.05, 0.1) is 5.75 Å². The smallest absolute Gasteiger partial charge is 0.217 e. The van der Waals surface area contributed by atoms with Gasteiger partial charge in [-0.3, -0.25) is 0 Å². The molecule has 1 saturated heterocycles. The van der Waals surface area contributed by atoms with E-state index in [0.717, 1.165) is 5.75 Å². The molecule has 0 radical (unpaired) electrons. The van der Waals surface area contributed by atoms with Crippen molar-refractivity contribution in [1.29, 1.82) is 0 Å². The van der Waals surface area contributed by atoms with E-state index in [9.17, 15) is 8.42 Å². The summed E-state index contributed by atoms with van der Waals surface area (Å²) in [6.45, 7) is 4.75. The average Bonchev–Trinajstić information content (AvgIpc) is 2.41. The number of benzene rings is 1. The van der Waals surface area contributed by atoms with Gasteiger partial charge in [0.2, 0.25) is 10.0 Å². The average molecular weight is 330 g/mol. The Labute approximate surface area is 130 Å². The van der Waals surface area contributed by atoms with E-state index in [1.165, 1.54) is 0 Å². The highest BCUT2D eigenvalue weighted by Gasteiger charge is 2.33. The van der Waals surface area contributed by atoms with Crippen molar-refractivity contribution >= 4 is 27.5 Å². The summed E-state index contributed by atoms with van der Waals surface area (Å²) in [6.07, 6.45) is 0. The summed E-state index contributed by atoms with van der Waals surface area (Å²) in [6, 6.07) is 7.03. The van der Waals surface area contributed by atoms with Gasteiger partial charge in [-0.25, -0.2) is 8.42 Å². The van der Waals surface area contributed by atoms with Crippen LogP contribution in [0.4, 0.5) is 5.69 Å². The van der Waals surface area contributed by atoms with E-state index < -0.39 is 10.0 Å². The molecule has 1 aromatic rings. The summed E-state index contributed by atoms with van der Waals surface area (Å²) in [5, 5.41) is 0.323. The number of thioether (sulfide) groups is 1. The first-order valence-electron chi connectivity index (χ1n) is 6.99. The Morgan fingerprint density at radius 3 is 2.90 bits per heavy atom. The molecule has 2 unspecified atom stereocenters. The molecule has 7 heteroatoms. The number of hydrogen-bond donors (Lipinski definition) is 1. The van der Waals surface area contributed by atoms with Crippen molar-refractivity contribution in [3.63, 3.8) is 0 Å². The van der Waals surface area contributed by atoms with Gasteiger partial charge in [-0.15, -0.1) is 0 Å². The van der Waals surface area contributed by atoms with E-state index in [4.69, 9.17) is 10.5 Å². The maximum atomic E-state index is 12.4. The van der Waals surface area contributed by atoms with Crippen LogP contribution >= 0.6 is 11.8 Å². The van der Waals surface area contributed by atoms with Gasteiger partial charge < -0.3 is 10.5 Å². The second-order valence-electron chi connectivity index (χ2n) is 5.16. The first-order chi connectivity index (χ1) is 9.90. The Morgan fingerprint density at radius 1 is 1.43 bits per heavy atom. The van der Waals surface area contributed by atoms with E-state index in [1.54, 1.807) is 28.6 Å². The molecule has 0 aliphatic carbocycles. The fourth-order valence-corrected chi connectivity index (χ4v) is 5.16. The third-order valence-electron chi connectivity index (χ3n) is 3.65. The number of ether oxygens (including phenoxy) is 1. The van der Waals surface area contributed by atoms with Crippen molar-refractivity contribution in [2.45, 2.75) is 25.1 Å². The second-order valence-corrected chi connectivity index (χ2v) is 8.69. The van der Waals surface area contributed by atoms with Gasteiger partial charge in [-0.2, -0.15) is 16.1 Å². The number of hydrogen-bond acceptors (Lipinski definition) is 5. The van der Waals surface area contributed by atoms with Crippen molar-refractivity contribution in [3.05, 3.63) is 24.3 Å². The minimum absolute atomic E-state index is 0.0104. The van der Waals surface area contributed by atoms with Crippen LogP contribution in [-0.2, 0) is 10.0 Å². The quantitative estimate of drug-likeness (QED) is 0.834. The van der Waals surface area contributed by atoms with E-state index in [1.807, 2.05) is 18.7 Å². The van der Waals surface area contributed by atoms with Crippen LogP contribution in [0.1, 0.15) is 13.8 Å². The van der Waals surface area contributed by atoms with Crippen molar-refractivity contribution in [2.75, 3.05) is 30.4 Å². The predicted molar refractivity (Wildman–Crippen MR) is 88.2 cm³/mol. The molecular formula is C14H22N2O3S2. The van der Waals surface area contributed by atoms with Crippen LogP contribution < -0.4 is 10.5 Å². The molecule has 1 aliphatic rings. The molecule has 0 spiro atoms. The van der Waals surface area contributed by atoms with Crippen LogP contribution in [-0.4, -0.2) is 48.7 Å². The van der Waals surface area contributed by atoms with Crippen LogP contribution in [0.5, 0.6) is 5.75 Å².